The minimum absolute atomic E-state index is 0.115. The van der Waals surface area contributed by atoms with Gasteiger partial charge in [0.2, 0.25) is 10.0 Å². The predicted octanol–water partition coefficient (Wildman–Crippen LogP) is 2.28. The lowest BCUT2D eigenvalue weighted by atomic mass is 9.94. The van der Waals surface area contributed by atoms with Gasteiger partial charge in [-0.1, -0.05) is 0 Å². The van der Waals surface area contributed by atoms with Gasteiger partial charge in [0, 0.05) is 31.9 Å². The van der Waals surface area contributed by atoms with Crippen LogP contribution >= 0.6 is 0 Å². The van der Waals surface area contributed by atoms with Crippen LogP contribution in [0.5, 0.6) is 0 Å². The first-order valence-electron chi connectivity index (χ1n) is 9.15. The summed E-state index contributed by atoms with van der Waals surface area (Å²) < 4.78 is 58.8. The molecule has 5 nitrogen and oxygen atoms in total. The molecule has 0 atom stereocenters. The molecule has 2 fully saturated rings. The quantitative estimate of drug-likeness (QED) is 0.812. The second-order valence-electron chi connectivity index (χ2n) is 7.21. The van der Waals surface area contributed by atoms with Gasteiger partial charge in [0.15, 0.2) is 0 Å². The number of nitrogens with one attached hydrogen (secondary N) is 1. The molecule has 1 aromatic rings. The molecule has 3 rings (SSSR count). The molecule has 0 aliphatic carbocycles. The Morgan fingerprint density at radius 1 is 1.04 bits per heavy atom. The Balaban J connectivity index is 1.45. The fourth-order valence-corrected chi connectivity index (χ4v) is 4.98. The molecule has 0 bridgehead atoms. The van der Waals surface area contributed by atoms with Crippen molar-refractivity contribution < 1.29 is 21.9 Å². The van der Waals surface area contributed by atoms with Crippen LogP contribution in [0.1, 0.15) is 31.2 Å². The second-order valence-corrected chi connectivity index (χ2v) is 9.01. The van der Waals surface area contributed by atoms with Gasteiger partial charge in [0.25, 0.3) is 0 Å². The lowest BCUT2D eigenvalue weighted by molar-refractivity contribution is 0.0214. The van der Waals surface area contributed by atoms with Crippen molar-refractivity contribution >= 4 is 10.0 Å². The molecule has 0 amide bonds. The molecule has 0 unspecified atom stereocenters. The van der Waals surface area contributed by atoms with E-state index in [9.17, 15) is 17.2 Å². The van der Waals surface area contributed by atoms with Crippen molar-refractivity contribution in [1.82, 2.24) is 9.62 Å². The van der Waals surface area contributed by atoms with Crippen molar-refractivity contribution in [2.45, 2.75) is 37.5 Å². The SMILES string of the molecule is O=S(=O)(Cc1cc(F)cc(F)c1)NCC1CCN(C2CCOCC2)CC1. The molecule has 2 heterocycles. The van der Waals surface area contributed by atoms with Crippen molar-refractivity contribution in [2.75, 3.05) is 32.8 Å². The summed E-state index contributed by atoms with van der Waals surface area (Å²) in [6.45, 7) is 3.98. The number of rotatable bonds is 6. The summed E-state index contributed by atoms with van der Waals surface area (Å²) in [6, 6.07) is 3.42. The minimum atomic E-state index is -3.61. The van der Waals surface area contributed by atoms with E-state index >= 15 is 0 Å². The van der Waals surface area contributed by atoms with Crippen LogP contribution in [-0.4, -0.2) is 52.2 Å². The van der Waals surface area contributed by atoms with Gasteiger partial charge in [0.05, 0.1) is 5.75 Å². The first-order valence-corrected chi connectivity index (χ1v) is 10.8. The summed E-state index contributed by atoms with van der Waals surface area (Å²) in [7, 11) is -3.61. The number of halogens is 2. The molecule has 0 aromatic heterocycles. The predicted molar refractivity (Wildman–Crippen MR) is 95.1 cm³/mol. The van der Waals surface area contributed by atoms with E-state index in [1.807, 2.05) is 0 Å². The van der Waals surface area contributed by atoms with Gasteiger partial charge in [-0.05, 0) is 62.4 Å². The third kappa shape index (κ3) is 5.70. The number of benzene rings is 1. The molecule has 0 radical (unpaired) electrons. The van der Waals surface area contributed by atoms with Gasteiger partial charge in [-0.3, -0.25) is 0 Å². The van der Waals surface area contributed by atoms with Crippen LogP contribution in [0.3, 0.4) is 0 Å². The Kier molecular flexibility index (Phi) is 6.60. The highest BCUT2D eigenvalue weighted by Crippen LogP contribution is 2.23. The van der Waals surface area contributed by atoms with Crippen LogP contribution in [0.2, 0.25) is 0 Å². The molecule has 146 valence electrons. The first kappa shape index (κ1) is 19.7. The largest absolute Gasteiger partial charge is 0.381 e. The smallest absolute Gasteiger partial charge is 0.215 e. The van der Waals surface area contributed by atoms with E-state index in [2.05, 4.69) is 9.62 Å². The fraction of sp³-hybridized carbons (Fsp3) is 0.667. The van der Waals surface area contributed by atoms with Gasteiger partial charge in [-0.15, -0.1) is 0 Å². The van der Waals surface area contributed by atoms with E-state index in [1.54, 1.807) is 0 Å². The van der Waals surface area contributed by atoms with Crippen LogP contribution in [0.4, 0.5) is 8.78 Å². The first-order chi connectivity index (χ1) is 12.4. The molecule has 1 N–H and O–H groups in total. The fourth-order valence-electron chi connectivity index (χ4n) is 3.78. The van der Waals surface area contributed by atoms with Crippen molar-refractivity contribution in [3.05, 3.63) is 35.4 Å². The van der Waals surface area contributed by atoms with Crippen molar-refractivity contribution in [2.24, 2.45) is 5.92 Å². The van der Waals surface area contributed by atoms with Crippen LogP contribution in [0.25, 0.3) is 0 Å². The van der Waals surface area contributed by atoms with Gasteiger partial charge in [-0.2, -0.15) is 0 Å². The maximum atomic E-state index is 13.2. The summed E-state index contributed by atoms with van der Waals surface area (Å²) in [4.78, 5) is 2.49. The number of nitrogens with zero attached hydrogens (tertiary/aromatic N) is 1. The summed E-state index contributed by atoms with van der Waals surface area (Å²) in [5.41, 5.74) is 0.115. The maximum Gasteiger partial charge on any atom is 0.215 e. The number of piperidine rings is 1. The zero-order valence-electron chi connectivity index (χ0n) is 14.8. The topological polar surface area (TPSA) is 58.6 Å². The van der Waals surface area contributed by atoms with E-state index in [1.165, 1.54) is 0 Å². The van der Waals surface area contributed by atoms with Crippen molar-refractivity contribution in [3.8, 4) is 0 Å². The number of sulfonamides is 1. The maximum absolute atomic E-state index is 13.2. The monoisotopic (exact) mass is 388 g/mol. The summed E-state index contributed by atoms with van der Waals surface area (Å²) in [5, 5.41) is 0. The highest BCUT2D eigenvalue weighted by Gasteiger charge is 2.27. The molecule has 0 spiro atoms. The van der Waals surface area contributed by atoms with Gasteiger partial charge < -0.3 is 9.64 Å². The number of hydrogen-bond donors (Lipinski definition) is 1. The third-order valence-electron chi connectivity index (χ3n) is 5.23. The Hall–Kier alpha value is -1.09. The third-order valence-corrected chi connectivity index (χ3v) is 6.55. The van der Waals surface area contributed by atoms with E-state index in [-0.39, 0.29) is 5.56 Å². The Morgan fingerprint density at radius 2 is 1.65 bits per heavy atom. The summed E-state index contributed by atoms with van der Waals surface area (Å²) in [6.07, 6.45) is 4.05. The molecular formula is C18H26F2N2O3S. The normalized spacial score (nSPS) is 21.2. The van der Waals surface area contributed by atoms with Gasteiger partial charge in [0.1, 0.15) is 11.6 Å². The standard InChI is InChI=1S/C18H26F2N2O3S/c19-16-9-15(10-17(20)11-16)13-26(23,24)21-12-14-1-5-22(6-2-14)18-3-7-25-8-4-18/h9-11,14,18,21H,1-8,12-13H2. The van der Waals surface area contributed by atoms with Gasteiger partial charge >= 0.3 is 0 Å². The van der Waals surface area contributed by atoms with E-state index in [0.29, 0.717) is 18.5 Å². The molecule has 8 heteroatoms. The molecule has 0 saturated carbocycles. The zero-order valence-corrected chi connectivity index (χ0v) is 15.6. The highest BCUT2D eigenvalue weighted by molar-refractivity contribution is 7.88. The molecule has 26 heavy (non-hydrogen) atoms. The summed E-state index contributed by atoms with van der Waals surface area (Å²) in [5.74, 6) is -1.65. The Labute approximate surface area is 153 Å². The van der Waals surface area contributed by atoms with Crippen LogP contribution in [0, 0.1) is 17.6 Å². The number of hydrogen-bond acceptors (Lipinski definition) is 4. The Bertz CT molecular complexity index is 680. The molecule has 2 aliphatic rings. The van der Waals surface area contributed by atoms with Crippen LogP contribution in [0.15, 0.2) is 18.2 Å². The van der Waals surface area contributed by atoms with E-state index in [4.69, 9.17) is 4.74 Å². The molecule has 2 aliphatic heterocycles. The lowest BCUT2D eigenvalue weighted by Crippen LogP contribution is -2.45. The second kappa shape index (κ2) is 8.73. The lowest BCUT2D eigenvalue weighted by Gasteiger charge is -2.39. The average Bonchev–Trinajstić information content (AvgIpc) is 2.60. The van der Waals surface area contributed by atoms with Crippen molar-refractivity contribution in [3.63, 3.8) is 0 Å². The summed E-state index contributed by atoms with van der Waals surface area (Å²) >= 11 is 0. The van der Waals surface area contributed by atoms with Crippen LogP contribution in [-0.2, 0) is 20.5 Å². The Morgan fingerprint density at radius 3 is 2.27 bits per heavy atom. The van der Waals surface area contributed by atoms with E-state index < -0.39 is 27.4 Å². The zero-order chi connectivity index (χ0) is 18.6. The van der Waals surface area contributed by atoms with Gasteiger partial charge in [-0.25, -0.2) is 21.9 Å². The molecule has 2 saturated heterocycles. The minimum Gasteiger partial charge on any atom is -0.381 e. The van der Waals surface area contributed by atoms with Crippen molar-refractivity contribution in [1.29, 1.82) is 0 Å². The number of likely N-dealkylation sites (tertiary alicyclic amines) is 1. The van der Waals surface area contributed by atoms with Crippen LogP contribution < -0.4 is 4.72 Å². The highest BCUT2D eigenvalue weighted by atomic mass is 32.2. The number of ether oxygens (including phenoxy) is 1. The molecular weight excluding hydrogens is 362 g/mol. The average molecular weight is 388 g/mol. The van der Waals surface area contributed by atoms with E-state index in [0.717, 1.165) is 70.2 Å². The molecule has 1 aromatic carbocycles.